The molecular formula is C17H23ClN6O2S. The van der Waals surface area contributed by atoms with Crippen molar-refractivity contribution in [1.29, 1.82) is 0 Å². The van der Waals surface area contributed by atoms with E-state index in [0.29, 0.717) is 13.1 Å². The molecule has 1 fully saturated rings. The molecule has 1 amide bonds. The molecule has 0 aromatic carbocycles. The fourth-order valence-corrected chi connectivity index (χ4v) is 4.42. The number of methoxy groups -OCH3 is 1. The fraction of sp³-hybridized carbons (Fsp3) is 0.471. The number of likely N-dealkylation sites (tertiary alicyclic amines) is 1. The Hall–Kier alpha value is -1.81. The molecule has 2 aromatic rings. The number of nitrogens with zero attached hydrogens (tertiary/aromatic N) is 4. The summed E-state index contributed by atoms with van der Waals surface area (Å²) < 4.78 is 5.38. The molecule has 0 aliphatic carbocycles. The van der Waals surface area contributed by atoms with Gasteiger partial charge in [0.2, 0.25) is 0 Å². The number of H-pyrrole nitrogens is 1. The predicted molar refractivity (Wildman–Crippen MR) is 109 cm³/mol. The van der Waals surface area contributed by atoms with E-state index >= 15 is 0 Å². The largest absolute Gasteiger partial charge is 0.380 e. The first-order valence-electron chi connectivity index (χ1n) is 8.64. The highest BCUT2D eigenvalue weighted by Gasteiger charge is 2.31. The van der Waals surface area contributed by atoms with Crippen LogP contribution in [0.3, 0.4) is 0 Å². The molecule has 2 aliphatic heterocycles. The lowest BCUT2D eigenvalue weighted by Crippen LogP contribution is -2.54. The van der Waals surface area contributed by atoms with E-state index in [1.807, 2.05) is 28.3 Å². The topological polar surface area (TPSA) is 100 Å². The molecule has 2 aromatic heterocycles. The summed E-state index contributed by atoms with van der Waals surface area (Å²) in [6.07, 6.45) is 6.07. The van der Waals surface area contributed by atoms with Gasteiger partial charge < -0.3 is 25.3 Å². The van der Waals surface area contributed by atoms with Crippen LogP contribution in [-0.4, -0.2) is 70.4 Å². The maximum Gasteiger partial charge on any atom is 0.261 e. The van der Waals surface area contributed by atoms with Crippen molar-refractivity contribution in [1.82, 2.24) is 19.9 Å². The number of carbonyl (C=O) groups is 1. The third-order valence-corrected chi connectivity index (χ3v) is 5.84. The highest BCUT2D eigenvalue weighted by molar-refractivity contribution is 8.04. The number of fused-ring (bicyclic) bond motifs is 1. The van der Waals surface area contributed by atoms with Crippen LogP contribution < -0.4 is 10.6 Å². The van der Waals surface area contributed by atoms with Crippen LogP contribution in [0.2, 0.25) is 0 Å². The molecule has 10 heteroatoms. The first kappa shape index (κ1) is 19.9. The molecule has 146 valence electrons. The Morgan fingerprint density at radius 2 is 2.26 bits per heavy atom. The minimum atomic E-state index is -0.149. The third kappa shape index (κ3) is 3.91. The molecule has 2 atom stereocenters. The standard InChI is InChI=1S/C17H22N6O2S.ClH/c1-25-13-3-5-23(8-12(13)18)17(24)14-9-22(6-7-26-14)16-11-2-4-19-15(11)20-10-21-16;/h2,4,9-10,12-13H,3,5-8,18H2,1H3,(H,19,20,21);1H/t12-,13+;/m0./s1. The molecule has 0 saturated carbocycles. The van der Waals surface area contributed by atoms with Gasteiger partial charge in [-0.05, 0) is 12.5 Å². The van der Waals surface area contributed by atoms with Crippen LogP contribution in [0, 0.1) is 0 Å². The first-order chi connectivity index (χ1) is 12.7. The molecule has 4 rings (SSSR count). The van der Waals surface area contributed by atoms with E-state index in [0.717, 1.165) is 40.5 Å². The summed E-state index contributed by atoms with van der Waals surface area (Å²) in [7, 11) is 1.67. The van der Waals surface area contributed by atoms with Crippen LogP contribution in [0.5, 0.6) is 0 Å². The van der Waals surface area contributed by atoms with Crippen molar-refractivity contribution in [3.8, 4) is 0 Å². The predicted octanol–water partition coefficient (Wildman–Crippen LogP) is 1.35. The average molecular weight is 411 g/mol. The van der Waals surface area contributed by atoms with Gasteiger partial charge in [-0.15, -0.1) is 24.2 Å². The van der Waals surface area contributed by atoms with E-state index in [9.17, 15) is 4.79 Å². The van der Waals surface area contributed by atoms with E-state index in [1.54, 1.807) is 25.2 Å². The third-order valence-electron chi connectivity index (χ3n) is 4.86. The lowest BCUT2D eigenvalue weighted by molar-refractivity contribution is -0.129. The Balaban J connectivity index is 0.00000210. The number of carbonyl (C=O) groups excluding carboxylic acids is 1. The maximum absolute atomic E-state index is 13.0. The summed E-state index contributed by atoms with van der Waals surface area (Å²) in [5, 5.41) is 0.949. The zero-order valence-corrected chi connectivity index (χ0v) is 16.6. The zero-order chi connectivity index (χ0) is 18.1. The van der Waals surface area contributed by atoms with Gasteiger partial charge in [0.15, 0.2) is 0 Å². The number of ether oxygens (including phenoxy) is 1. The van der Waals surface area contributed by atoms with Crippen molar-refractivity contribution >= 4 is 46.9 Å². The van der Waals surface area contributed by atoms with Gasteiger partial charge in [0.25, 0.3) is 5.91 Å². The molecule has 2 aliphatic rings. The normalized spacial score (nSPS) is 23.1. The van der Waals surface area contributed by atoms with Crippen LogP contribution in [0.1, 0.15) is 6.42 Å². The van der Waals surface area contributed by atoms with E-state index < -0.39 is 0 Å². The van der Waals surface area contributed by atoms with Crippen LogP contribution in [0.15, 0.2) is 29.7 Å². The van der Waals surface area contributed by atoms with Crippen molar-refractivity contribution in [3.63, 3.8) is 0 Å². The Labute approximate surface area is 167 Å². The summed E-state index contributed by atoms with van der Waals surface area (Å²) in [5.41, 5.74) is 6.93. The number of rotatable bonds is 3. The second kappa shape index (κ2) is 8.47. The monoisotopic (exact) mass is 410 g/mol. The van der Waals surface area contributed by atoms with E-state index in [4.69, 9.17) is 10.5 Å². The maximum atomic E-state index is 13.0. The number of hydrogen-bond donors (Lipinski definition) is 2. The van der Waals surface area contributed by atoms with Crippen LogP contribution in [0.25, 0.3) is 11.0 Å². The Morgan fingerprint density at radius 3 is 3.04 bits per heavy atom. The summed E-state index contributed by atoms with van der Waals surface area (Å²) in [6, 6.07) is 1.81. The van der Waals surface area contributed by atoms with Crippen LogP contribution in [0.4, 0.5) is 5.82 Å². The van der Waals surface area contributed by atoms with Gasteiger partial charge in [0.1, 0.15) is 17.8 Å². The molecular weight excluding hydrogens is 388 g/mol. The second-order valence-electron chi connectivity index (χ2n) is 6.45. The Bertz CT molecular complexity index is 844. The molecule has 0 radical (unpaired) electrons. The van der Waals surface area contributed by atoms with Gasteiger partial charge in [-0.2, -0.15) is 0 Å². The number of aromatic nitrogens is 3. The van der Waals surface area contributed by atoms with E-state index in [-0.39, 0.29) is 30.5 Å². The SMILES string of the molecule is CO[C@@H]1CCN(C(=O)C2=CN(c3ncnc4[nH]ccc34)CCS2)C[C@@H]1N.Cl. The lowest BCUT2D eigenvalue weighted by atomic mass is 10.0. The van der Waals surface area contributed by atoms with Crippen molar-refractivity contribution in [2.45, 2.75) is 18.6 Å². The minimum Gasteiger partial charge on any atom is -0.380 e. The van der Waals surface area contributed by atoms with E-state index in [2.05, 4.69) is 15.0 Å². The lowest BCUT2D eigenvalue weighted by Gasteiger charge is -2.37. The number of halogens is 1. The number of anilines is 1. The van der Waals surface area contributed by atoms with Crippen molar-refractivity contribution in [3.05, 3.63) is 29.7 Å². The quantitative estimate of drug-likeness (QED) is 0.787. The van der Waals surface area contributed by atoms with Gasteiger partial charge in [-0.25, -0.2) is 9.97 Å². The van der Waals surface area contributed by atoms with Gasteiger partial charge in [-0.3, -0.25) is 4.79 Å². The Kier molecular flexibility index (Phi) is 6.25. The number of amides is 1. The second-order valence-corrected chi connectivity index (χ2v) is 7.59. The summed E-state index contributed by atoms with van der Waals surface area (Å²) in [4.78, 5) is 29.3. The molecule has 0 spiro atoms. The molecule has 27 heavy (non-hydrogen) atoms. The van der Waals surface area contributed by atoms with Gasteiger partial charge in [0, 0.05) is 50.9 Å². The van der Waals surface area contributed by atoms with Crippen LogP contribution >= 0.6 is 24.2 Å². The number of piperidine rings is 1. The number of nitrogens with one attached hydrogen (secondary N) is 1. The van der Waals surface area contributed by atoms with Crippen LogP contribution in [-0.2, 0) is 9.53 Å². The molecule has 1 saturated heterocycles. The molecule has 4 heterocycles. The molecule has 0 unspecified atom stereocenters. The van der Waals surface area contributed by atoms with Crippen molar-refractivity contribution in [2.75, 3.05) is 37.4 Å². The number of aromatic amines is 1. The summed E-state index contributed by atoms with van der Waals surface area (Å²) in [5.74, 6) is 1.68. The summed E-state index contributed by atoms with van der Waals surface area (Å²) in [6.45, 7) is 1.98. The Morgan fingerprint density at radius 1 is 1.41 bits per heavy atom. The summed E-state index contributed by atoms with van der Waals surface area (Å²) >= 11 is 1.58. The molecule has 0 bridgehead atoms. The van der Waals surface area contributed by atoms with Crippen molar-refractivity contribution in [2.24, 2.45) is 5.73 Å². The van der Waals surface area contributed by atoms with Gasteiger partial charge in [0.05, 0.1) is 16.4 Å². The number of hydrogen-bond acceptors (Lipinski definition) is 7. The number of nitrogens with two attached hydrogens (primary N) is 1. The first-order valence-corrected chi connectivity index (χ1v) is 9.63. The fourth-order valence-electron chi connectivity index (χ4n) is 3.46. The number of thioether (sulfide) groups is 1. The van der Waals surface area contributed by atoms with E-state index in [1.165, 1.54) is 0 Å². The minimum absolute atomic E-state index is 0. The zero-order valence-electron chi connectivity index (χ0n) is 15.0. The van der Waals surface area contributed by atoms with Gasteiger partial charge >= 0.3 is 0 Å². The van der Waals surface area contributed by atoms with Gasteiger partial charge in [-0.1, -0.05) is 0 Å². The molecule has 3 N–H and O–H groups in total. The van der Waals surface area contributed by atoms with Crippen molar-refractivity contribution < 1.29 is 9.53 Å². The molecule has 8 nitrogen and oxygen atoms in total. The smallest absolute Gasteiger partial charge is 0.261 e. The highest BCUT2D eigenvalue weighted by atomic mass is 35.5. The average Bonchev–Trinajstić information content (AvgIpc) is 3.16. The highest BCUT2D eigenvalue weighted by Crippen LogP contribution is 2.30.